The van der Waals surface area contributed by atoms with Crippen molar-refractivity contribution in [2.75, 3.05) is 0 Å². The molecule has 1 aromatic heterocycles. The van der Waals surface area contributed by atoms with E-state index in [-0.39, 0.29) is 11.5 Å². The third-order valence-electron chi connectivity index (χ3n) is 2.85. The molecule has 3 aromatic rings. The van der Waals surface area contributed by atoms with Crippen LogP contribution >= 0.6 is 23.2 Å². The van der Waals surface area contributed by atoms with Crippen LogP contribution < -0.4 is 0 Å². The molecule has 0 radical (unpaired) electrons. The molecular weight excluding hydrogens is 283 g/mol. The van der Waals surface area contributed by atoms with Gasteiger partial charge < -0.3 is 4.42 Å². The van der Waals surface area contributed by atoms with Gasteiger partial charge in [0.2, 0.25) is 5.78 Å². The topological polar surface area (TPSA) is 30.2 Å². The van der Waals surface area contributed by atoms with Crippen LogP contribution in [0.5, 0.6) is 0 Å². The predicted molar refractivity (Wildman–Crippen MR) is 76.1 cm³/mol. The number of hydrogen-bond donors (Lipinski definition) is 0. The van der Waals surface area contributed by atoms with Crippen molar-refractivity contribution in [3.8, 4) is 0 Å². The van der Waals surface area contributed by atoms with E-state index in [1.165, 1.54) is 0 Å². The fraction of sp³-hybridized carbons (Fsp3) is 0. The molecule has 0 fully saturated rings. The maximum atomic E-state index is 12.3. The lowest BCUT2D eigenvalue weighted by molar-refractivity contribution is 0.101. The molecule has 0 aliphatic heterocycles. The second kappa shape index (κ2) is 4.72. The Morgan fingerprint density at radius 1 is 0.947 bits per heavy atom. The average molecular weight is 291 g/mol. The van der Waals surface area contributed by atoms with E-state index in [0.717, 1.165) is 5.39 Å². The molecule has 94 valence electrons. The third-order valence-corrected chi connectivity index (χ3v) is 3.51. The molecule has 19 heavy (non-hydrogen) atoms. The van der Waals surface area contributed by atoms with Crippen LogP contribution in [0, 0.1) is 0 Å². The molecule has 0 atom stereocenters. The van der Waals surface area contributed by atoms with E-state index in [1.54, 1.807) is 48.5 Å². The van der Waals surface area contributed by atoms with Gasteiger partial charge in [-0.15, -0.1) is 0 Å². The molecule has 0 spiro atoms. The summed E-state index contributed by atoms with van der Waals surface area (Å²) in [5.41, 5.74) is 1.00. The van der Waals surface area contributed by atoms with E-state index >= 15 is 0 Å². The molecule has 4 heteroatoms. The van der Waals surface area contributed by atoms with Crippen LogP contribution in [0.1, 0.15) is 16.1 Å². The summed E-state index contributed by atoms with van der Waals surface area (Å²) in [7, 11) is 0. The van der Waals surface area contributed by atoms with Crippen molar-refractivity contribution >= 4 is 40.0 Å². The van der Waals surface area contributed by atoms with E-state index in [1.807, 2.05) is 0 Å². The van der Waals surface area contributed by atoms with Gasteiger partial charge in [-0.3, -0.25) is 4.79 Å². The molecule has 0 amide bonds. The Morgan fingerprint density at radius 2 is 1.68 bits per heavy atom. The maximum Gasteiger partial charge on any atom is 0.229 e. The standard InChI is InChI=1S/C15H8Cl2O2/c16-11-5-2-1-4-9(11)15(18)14-8-10-12(17)6-3-7-13(10)19-14/h1-8H. The molecule has 1 heterocycles. The number of carbonyl (C=O) groups excluding carboxylic acids is 1. The Labute approximate surface area is 119 Å². The van der Waals surface area contributed by atoms with Crippen molar-refractivity contribution < 1.29 is 9.21 Å². The maximum absolute atomic E-state index is 12.3. The quantitative estimate of drug-likeness (QED) is 0.624. The number of hydrogen-bond acceptors (Lipinski definition) is 2. The number of benzene rings is 2. The van der Waals surface area contributed by atoms with Crippen LogP contribution in [0.25, 0.3) is 11.0 Å². The minimum Gasteiger partial charge on any atom is -0.453 e. The fourth-order valence-electron chi connectivity index (χ4n) is 1.92. The van der Waals surface area contributed by atoms with Gasteiger partial charge >= 0.3 is 0 Å². The molecule has 0 aliphatic carbocycles. The summed E-state index contributed by atoms with van der Waals surface area (Å²) in [6, 6.07) is 13.8. The molecule has 2 aromatic carbocycles. The predicted octanol–water partition coefficient (Wildman–Crippen LogP) is 4.97. The van der Waals surface area contributed by atoms with Crippen LogP contribution in [0.4, 0.5) is 0 Å². The van der Waals surface area contributed by atoms with Gasteiger partial charge in [-0.1, -0.05) is 41.4 Å². The summed E-state index contributed by atoms with van der Waals surface area (Å²) in [5.74, 6) is -0.0194. The Kier molecular flexibility index (Phi) is 3.05. The first-order chi connectivity index (χ1) is 9.16. The first-order valence-corrected chi connectivity index (χ1v) is 6.39. The smallest absolute Gasteiger partial charge is 0.229 e. The zero-order valence-corrected chi connectivity index (χ0v) is 11.2. The second-order valence-corrected chi connectivity index (χ2v) is 4.89. The Bertz CT molecular complexity index is 775. The second-order valence-electron chi connectivity index (χ2n) is 4.07. The van der Waals surface area contributed by atoms with E-state index in [2.05, 4.69) is 0 Å². The SMILES string of the molecule is O=C(c1cc2c(Cl)cccc2o1)c1ccccc1Cl. The van der Waals surface area contributed by atoms with Crippen molar-refractivity contribution in [3.63, 3.8) is 0 Å². The molecule has 0 unspecified atom stereocenters. The Balaban J connectivity index is 2.12. The van der Waals surface area contributed by atoms with Gasteiger partial charge in [0, 0.05) is 10.9 Å². The number of fused-ring (bicyclic) bond motifs is 1. The average Bonchev–Trinajstić information content (AvgIpc) is 2.84. The monoisotopic (exact) mass is 290 g/mol. The summed E-state index contributed by atoms with van der Waals surface area (Å²) in [5, 5.41) is 1.68. The third kappa shape index (κ3) is 2.14. The highest BCUT2D eigenvalue weighted by molar-refractivity contribution is 6.36. The Morgan fingerprint density at radius 3 is 2.42 bits per heavy atom. The van der Waals surface area contributed by atoms with Crippen LogP contribution in [0.2, 0.25) is 10.0 Å². The van der Waals surface area contributed by atoms with Crippen molar-refractivity contribution in [3.05, 3.63) is 69.9 Å². The molecule has 0 N–H and O–H groups in total. The lowest BCUT2D eigenvalue weighted by atomic mass is 10.1. The fourth-order valence-corrected chi connectivity index (χ4v) is 2.36. The summed E-state index contributed by atoms with van der Waals surface area (Å²) in [6.07, 6.45) is 0. The van der Waals surface area contributed by atoms with Gasteiger partial charge in [0.05, 0.1) is 10.0 Å². The van der Waals surface area contributed by atoms with E-state index in [0.29, 0.717) is 21.2 Å². The summed E-state index contributed by atoms with van der Waals surface area (Å²) in [6.45, 7) is 0. The Hall–Kier alpha value is -1.77. The van der Waals surface area contributed by atoms with Gasteiger partial charge in [0.25, 0.3) is 0 Å². The largest absolute Gasteiger partial charge is 0.453 e. The number of ketones is 1. The van der Waals surface area contributed by atoms with Crippen LogP contribution in [-0.4, -0.2) is 5.78 Å². The number of furan rings is 1. The van der Waals surface area contributed by atoms with Gasteiger partial charge in [-0.05, 0) is 30.3 Å². The molecule has 0 aliphatic rings. The minimum absolute atomic E-state index is 0.233. The molecular formula is C15H8Cl2O2. The van der Waals surface area contributed by atoms with Gasteiger partial charge in [-0.25, -0.2) is 0 Å². The highest BCUT2D eigenvalue weighted by Gasteiger charge is 2.17. The van der Waals surface area contributed by atoms with Gasteiger partial charge in [0.15, 0.2) is 5.76 Å². The zero-order chi connectivity index (χ0) is 13.4. The van der Waals surface area contributed by atoms with E-state index < -0.39 is 0 Å². The number of halogens is 2. The summed E-state index contributed by atoms with van der Waals surface area (Å²) >= 11 is 12.1. The minimum atomic E-state index is -0.252. The zero-order valence-electron chi connectivity index (χ0n) is 9.69. The van der Waals surface area contributed by atoms with Crippen LogP contribution in [-0.2, 0) is 0 Å². The van der Waals surface area contributed by atoms with Crippen molar-refractivity contribution in [2.24, 2.45) is 0 Å². The number of carbonyl (C=O) groups is 1. The molecule has 3 rings (SSSR count). The molecule has 0 bridgehead atoms. The lowest BCUT2D eigenvalue weighted by Crippen LogP contribution is -1.99. The summed E-state index contributed by atoms with van der Waals surface area (Å²) in [4.78, 5) is 12.3. The highest BCUT2D eigenvalue weighted by Crippen LogP contribution is 2.28. The van der Waals surface area contributed by atoms with Crippen LogP contribution in [0.3, 0.4) is 0 Å². The molecule has 0 saturated heterocycles. The van der Waals surface area contributed by atoms with Gasteiger partial charge in [0.1, 0.15) is 5.58 Å². The van der Waals surface area contributed by atoms with E-state index in [9.17, 15) is 4.79 Å². The molecule has 0 saturated carbocycles. The van der Waals surface area contributed by atoms with Crippen LogP contribution in [0.15, 0.2) is 52.9 Å². The van der Waals surface area contributed by atoms with Crippen molar-refractivity contribution in [1.82, 2.24) is 0 Å². The lowest BCUT2D eigenvalue weighted by Gasteiger charge is -1.99. The summed E-state index contributed by atoms with van der Waals surface area (Å²) < 4.78 is 5.53. The van der Waals surface area contributed by atoms with Crippen molar-refractivity contribution in [1.29, 1.82) is 0 Å². The normalized spacial score (nSPS) is 10.8. The highest BCUT2D eigenvalue weighted by atomic mass is 35.5. The van der Waals surface area contributed by atoms with E-state index in [4.69, 9.17) is 27.6 Å². The molecule has 2 nitrogen and oxygen atoms in total. The first kappa shape index (κ1) is 12.3. The first-order valence-electron chi connectivity index (χ1n) is 5.64. The van der Waals surface area contributed by atoms with Crippen molar-refractivity contribution in [2.45, 2.75) is 0 Å². The van der Waals surface area contributed by atoms with Gasteiger partial charge in [-0.2, -0.15) is 0 Å². The number of rotatable bonds is 2.